The number of aromatic nitrogens is 2. The van der Waals surface area contributed by atoms with Crippen LogP contribution in [0.1, 0.15) is 37.9 Å². The molecule has 0 amide bonds. The fourth-order valence-corrected chi connectivity index (χ4v) is 4.09. The van der Waals surface area contributed by atoms with E-state index < -0.39 is 0 Å². The Morgan fingerprint density at radius 1 is 1.03 bits per heavy atom. The van der Waals surface area contributed by atoms with E-state index in [2.05, 4.69) is 40.2 Å². The van der Waals surface area contributed by atoms with E-state index in [9.17, 15) is 4.39 Å². The molecule has 5 rings (SSSR count). The van der Waals surface area contributed by atoms with Gasteiger partial charge in [0, 0.05) is 35.3 Å². The highest BCUT2D eigenvalue weighted by atomic mass is 19.1. The van der Waals surface area contributed by atoms with Crippen molar-refractivity contribution >= 4 is 22.4 Å². The van der Waals surface area contributed by atoms with Gasteiger partial charge >= 0.3 is 0 Å². The first-order valence-electron chi connectivity index (χ1n) is 10.2. The van der Waals surface area contributed by atoms with Crippen LogP contribution in [0.2, 0.25) is 0 Å². The smallest absolute Gasteiger partial charge is 0.215 e. The van der Waals surface area contributed by atoms with E-state index in [1.54, 1.807) is 0 Å². The summed E-state index contributed by atoms with van der Waals surface area (Å²) in [5, 5.41) is 1.14. The predicted octanol–water partition coefficient (Wildman–Crippen LogP) is 6.31. The predicted molar refractivity (Wildman–Crippen MR) is 118 cm³/mol. The molecule has 0 radical (unpaired) electrons. The highest BCUT2D eigenvalue weighted by Crippen LogP contribution is 2.45. The van der Waals surface area contributed by atoms with Crippen LogP contribution in [0, 0.1) is 5.82 Å². The zero-order chi connectivity index (χ0) is 20.9. The van der Waals surface area contributed by atoms with Gasteiger partial charge in [-0.2, -0.15) is 4.98 Å². The number of H-pyrrole nitrogens is 1. The molecule has 0 saturated heterocycles. The molecular weight excluding hydrogens is 377 g/mol. The van der Waals surface area contributed by atoms with Crippen molar-refractivity contribution in [3.63, 3.8) is 0 Å². The van der Waals surface area contributed by atoms with Gasteiger partial charge in [0.05, 0.1) is 6.04 Å². The van der Waals surface area contributed by atoms with Gasteiger partial charge in [-0.15, -0.1) is 0 Å². The zero-order valence-electron chi connectivity index (χ0n) is 17.3. The summed E-state index contributed by atoms with van der Waals surface area (Å²) in [6.07, 6.45) is 2.74. The molecule has 2 aromatic carbocycles. The molecule has 0 fully saturated rings. The summed E-state index contributed by atoms with van der Waals surface area (Å²) in [4.78, 5) is 10.4. The molecule has 5 heteroatoms. The number of hydrogen-bond donors (Lipinski definition) is 1. The van der Waals surface area contributed by atoms with Gasteiger partial charge in [0.15, 0.2) is 0 Å². The average Bonchev–Trinajstić information content (AvgIpc) is 3.30. The number of aromatic amines is 1. The number of halogens is 1. The van der Waals surface area contributed by atoms with Crippen molar-refractivity contribution in [1.29, 1.82) is 0 Å². The van der Waals surface area contributed by atoms with E-state index in [-0.39, 0.29) is 17.5 Å². The number of fused-ring (bicyclic) bond motifs is 2. The molecule has 1 atom stereocenters. The number of nitrogens with zero attached hydrogens (tertiary/aromatic N) is 2. The lowest BCUT2D eigenvalue weighted by molar-refractivity contribution is 0.124. The van der Waals surface area contributed by atoms with Crippen LogP contribution in [0.25, 0.3) is 10.9 Å². The fraction of sp³-hybridized carbons (Fsp3) is 0.240. The minimum Gasteiger partial charge on any atom is -0.472 e. The first-order valence-corrected chi connectivity index (χ1v) is 10.2. The van der Waals surface area contributed by atoms with Gasteiger partial charge in [0.25, 0.3) is 0 Å². The number of rotatable bonds is 3. The summed E-state index contributed by atoms with van der Waals surface area (Å²) >= 11 is 0. The van der Waals surface area contributed by atoms with Crippen molar-refractivity contribution in [2.45, 2.75) is 38.8 Å². The van der Waals surface area contributed by atoms with Crippen molar-refractivity contribution < 1.29 is 9.13 Å². The molecule has 0 aliphatic carbocycles. The summed E-state index contributed by atoms with van der Waals surface area (Å²) in [5.41, 5.74) is 4.02. The van der Waals surface area contributed by atoms with Crippen LogP contribution in [0.5, 0.6) is 5.88 Å². The van der Waals surface area contributed by atoms with Gasteiger partial charge in [-0.05, 0) is 74.4 Å². The summed E-state index contributed by atoms with van der Waals surface area (Å²) < 4.78 is 19.6. The van der Waals surface area contributed by atoms with Crippen LogP contribution >= 0.6 is 0 Å². The van der Waals surface area contributed by atoms with Gasteiger partial charge in [0.2, 0.25) is 5.88 Å². The molecule has 0 spiro atoms. The Balaban J connectivity index is 1.63. The van der Waals surface area contributed by atoms with Crippen molar-refractivity contribution in [2.75, 3.05) is 4.90 Å². The van der Waals surface area contributed by atoms with E-state index in [0.29, 0.717) is 5.88 Å². The number of hydrogen-bond acceptors (Lipinski definition) is 3. The molecule has 1 aliphatic rings. The van der Waals surface area contributed by atoms with Crippen molar-refractivity contribution in [2.24, 2.45) is 0 Å². The Labute approximate surface area is 175 Å². The number of benzene rings is 2. The quantitative estimate of drug-likeness (QED) is 0.437. The molecule has 4 nitrogen and oxygen atoms in total. The first kappa shape index (κ1) is 18.7. The monoisotopic (exact) mass is 401 g/mol. The third-order valence-corrected chi connectivity index (χ3v) is 5.36. The van der Waals surface area contributed by atoms with Crippen LogP contribution in [-0.4, -0.2) is 15.6 Å². The maximum atomic E-state index is 13.6. The Kier molecular flexibility index (Phi) is 4.28. The van der Waals surface area contributed by atoms with Crippen molar-refractivity contribution in [3.8, 4) is 5.88 Å². The summed E-state index contributed by atoms with van der Waals surface area (Å²) in [7, 11) is 0. The molecule has 1 aliphatic heterocycles. The topological polar surface area (TPSA) is 41.1 Å². The highest BCUT2D eigenvalue weighted by molar-refractivity contribution is 5.85. The maximum Gasteiger partial charge on any atom is 0.215 e. The van der Waals surface area contributed by atoms with E-state index in [4.69, 9.17) is 9.72 Å². The van der Waals surface area contributed by atoms with Gasteiger partial charge in [-0.3, -0.25) is 0 Å². The average molecular weight is 401 g/mol. The Bertz CT molecular complexity index is 1210. The standard InChI is InChI=1S/C25H24FN3O/c1-25(2,3)30-23-11-6-18-15-22(16-4-7-19(26)8-5-16)29(24(18)28-23)20-9-10-21-17(14-20)12-13-27-21/h4-14,22,27H,15H2,1-3H3. The number of ether oxygens (including phenoxy) is 1. The summed E-state index contributed by atoms with van der Waals surface area (Å²) in [6, 6.07) is 19.2. The normalized spacial score (nSPS) is 16.1. The maximum absolute atomic E-state index is 13.6. The molecule has 0 saturated carbocycles. The number of anilines is 2. The number of nitrogens with one attached hydrogen (secondary N) is 1. The summed E-state index contributed by atoms with van der Waals surface area (Å²) in [6.45, 7) is 6.04. The lowest BCUT2D eigenvalue weighted by Crippen LogP contribution is -2.24. The van der Waals surface area contributed by atoms with Crippen LogP contribution < -0.4 is 9.64 Å². The second-order valence-electron chi connectivity index (χ2n) is 8.74. The Hall–Kier alpha value is -3.34. The molecule has 1 N–H and O–H groups in total. The van der Waals surface area contributed by atoms with E-state index in [0.717, 1.165) is 40.0 Å². The lowest BCUT2D eigenvalue weighted by atomic mass is 10.0. The van der Waals surface area contributed by atoms with E-state index in [1.165, 1.54) is 12.1 Å². The Morgan fingerprint density at radius 3 is 2.60 bits per heavy atom. The Morgan fingerprint density at radius 2 is 1.83 bits per heavy atom. The molecule has 1 unspecified atom stereocenters. The molecule has 2 aromatic heterocycles. The minimum atomic E-state index is -0.328. The van der Waals surface area contributed by atoms with Crippen LogP contribution in [0.15, 0.2) is 66.9 Å². The molecule has 30 heavy (non-hydrogen) atoms. The van der Waals surface area contributed by atoms with Crippen LogP contribution in [-0.2, 0) is 6.42 Å². The minimum absolute atomic E-state index is 0.0365. The van der Waals surface area contributed by atoms with Gasteiger partial charge in [-0.25, -0.2) is 4.39 Å². The van der Waals surface area contributed by atoms with Crippen molar-refractivity contribution in [1.82, 2.24) is 9.97 Å². The lowest BCUT2D eigenvalue weighted by Gasteiger charge is -2.28. The second kappa shape index (κ2) is 6.87. The second-order valence-corrected chi connectivity index (χ2v) is 8.74. The van der Waals surface area contributed by atoms with E-state index in [1.807, 2.05) is 45.2 Å². The SMILES string of the molecule is CC(C)(C)Oc1ccc2c(n1)N(c1ccc3[nH]ccc3c1)C(c1ccc(F)cc1)C2. The van der Waals surface area contributed by atoms with Crippen LogP contribution in [0.4, 0.5) is 15.9 Å². The van der Waals surface area contributed by atoms with Crippen LogP contribution in [0.3, 0.4) is 0 Å². The van der Waals surface area contributed by atoms with Gasteiger partial charge in [0.1, 0.15) is 17.2 Å². The molecule has 0 bridgehead atoms. The van der Waals surface area contributed by atoms with E-state index >= 15 is 0 Å². The third kappa shape index (κ3) is 3.41. The molecule has 4 aromatic rings. The largest absolute Gasteiger partial charge is 0.472 e. The van der Waals surface area contributed by atoms with Gasteiger partial charge < -0.3 is 14.6 Å². The third-order valence-electron chi connectivity index (χ3n) is 5.36. The van der Waals surface area contributed by atoms with Gasteiger partial charge in [-0.1, -0.05) is 12.1 Å². The summed E-state index contributed by atoms with van der Waals surface area (Å²) in [5.74, 6) is 1.27. The zero-order valence-corrected chi connectivity index (χ0v) is 17.3. The molecule has 152 valence electrons. The highest BCUT2D eigenvalue weighted by Gasteiger charge is 2.34. The first-order chi connectivity index (χ1) is 14.4. The fourth-order valence-electron chi connectivity index (χ4n) is 4.09. The molecular formula is C25H24FN3O. The molecule has 3 heterocycles. The van der Waals surface area contributed by atoms with Crippen molar-refractivity contribution in [3.05, 3.63) is 83.8 Å². The number of pyridine rings is 1.